The first-order chi connectivity index (χ1) is 15.2. The minimum absolute atomic E-state index is 0.0316. The Balaban J connectivity index is 1.36. The van der Waals surface area contributed by atoms with Crippen LogP contribution in [-0.2, 0) is 26.9 Å². The van der Waals surface area contributed by atoms with Gasteiger partial charge in [-0.2, -0.15) is 4.98 Å². The summed E-state index contributed by atoms with van der Waals surface area (Å²) in [7, 11) is -3.62. The third-order valence-corrected chi connectivity index (χ3v) is 6.96. The van der Waals surface area contributed by atoms with E-state index >= 15 is 0 Å². The summed E-state index contributed by atoms with van der Waals surface area (Å²) >= 11 is 0. The molecule has 1 aromatic carbocycles. The molecular formula is C20H23FN4O6S. The number of amides is 3. The van der Waals surface area contributed by atoms with Gasteiger partial charge in [-0.05, 0) is 42.4 Å². The molecule has 32 heavy (non-hydrogen) atoms. The fraction of sp³-hybridized carbons (Fsp3) is 0.500. The second kappa shape index (κ2) is 8.85. The molecule has 1 aliphatic heterocycles. The summed E-state index contributed by atoms with van der Waals surface area (Å²) in [5, 5.41) is 5.78. The highest BCUT2D eigenvalue weighted by molar-refractivity contribution is 7.90. The highest BCUT2D eigenvalue weighted by atomic mass is 32.2. The van der Waals surface area contributed by atoms with Crippen molar-refractivity contribution in [2.24, 2.45) is 5.92 Å². The van der Waals surface area contributed by atoms with Crippen LogP contribution >= 0.6 is 0 Å². The van der Waals surface area contributed by atoms with Crippen LogP contribution in [0.15, 0.2) is 22.7 Å². The Morgan fingerprint density at radius 3 is 2.81 bits per heavy atom. The van der Waals surface area contributed by atoms with E-state index in [0.29, 0.717) is 18.1 Å². The Labute approximate surface area is 184 Å². The SMILES string of the molecule is C[C@@H](CS(=O)(=O)Cc1noc(CN2CC(=O)NC2=O)n1)c1ccc(F)c(OCC2CC2)c1. The minimum Gasteiger partial charge on any atom is -0.490 e. The highest BCUT2D eigenvalue weighted by Gasteiger charge is 2.29. The van der Waals surface area contributed by atoms with Crippen molar-refractivity contribution in [3.05, 3.63) is 41.3 Å². The number of benzene rings is 1. The molecule has 0 spiro atoms. The van der Waals surface area contributed by atoms with Crippen LogP contribution in [0, 0.1) is 11.7 Å². The zero-order valence-corrected chi connectivity index (χ0v) is 18.2. The van der Waals surface area contributed by atoms with Crippen molar-refractivity contribution >= 4 is 21.8 Å². The number of imide groups is 1. The van der Waals surface area contributed by atoms with Gasteiger partial charge in [0.25, 0.3) is 0 Å². The molecule has 1 saturated heterocycles. The van der Waals surface area contributed by atoms with E-state index in [1.54, 1.807) is 19.1 Å². The maximum absolute atomic E-state index is 14.0. The Bertz CT molecular complexity index is 1130. The van der Waals surface area contributed by atoms with Crippen LogP contribution < -0.4 is 10.1 Å². The van der Waals surface area contributed by atoms with Crippen LogP contribution in [0.2, 0.25) is 0 Å². The lowest BCUT2D eigenvalue weighted by Gasteiger charge is -2.14. The Morgan fingerprint density at radius 1 is 1.34 bits per heavy atom. The molecule has 1 N–H and O–H groups in total. The summed E-state index contributed by atoms with van der Waals surface area (Å²) in [5.41, 5.74) is 0.652. The molecule has 0 bridgehead atoms. The number of ether oxygens (including phenoxy) is 1. The minimum atomic E-state index is -3.62. The van der Waals surface area contributed by atoms with E-state index in [0.717, 1.165) is 12.8 Å². The van der Waals surface area contributed by atoms with Gasteiger partial charge in [0.15, 0.2) is 27.2 Å². The van der Waals surface area contributed by atoms with E-state index in [1.807, 2.05) is 0 Å². The van der Waals surface area contributed by atoms with Crippen molar-refractivity contribution < 1.29 is 31.7 Å². The molecule has 3 amide bonds. The Kier molecular flexibility index (Phi) is 6.13. The number of sulfone groups is 1. The summed E-state index contributed by atoms with van der Waals surface area (Å²) in [5.74, 6) is -1.37. The molecule has 10 nitrogen and oxygen atoms in total. The van der Waals surface area contributed by atoms with Crippen LogP contribution in [0.25, 0.3) is 0 Å². The van der Waals surface area contributed by atoms with Crippen LogP contribution in [0.3, 0.4) is 0 Å². The molecule has 1 aliphatic carbocycles. The van der Waals surface area contributed by atoms with Crippen molar-refractivity contribution in [2.75, 3.05) is 18.9 Å². The maximum Gasteiger partial charge on any atom is 0.325 e. The molecular weight excluding hydrogens is 443 g/mol. The number of hydrogen-bond acceptors (Lipinski definition) is 8. The predicted octanol–water partition coefficient (Wildman–Crippen LogP) is 1.77. The van der Waals surface area contributed by atoms with Gasteiger partial charge in [-0.3, -0.25) is 10.1 Å². The van der Waals surface area contributed by atoms with E-state index in [1.165, 1.54) is 11.0 Å². The number of carbonyl (C=O) groups excluding carboxylic acids is 2. The fourth-order valence-electron chi connectivity index (χ4n) is 3.35. The fourth-order valence-corrected chi connectivity index (χ4v) is 4.93. The van der Waals surface area contributed by atoms with Crippen LogP contribution in [-0.4, -0.2) is 54.3 Å². The van der Waals surface area contributed by atoms with Crippen molar-refractivity contribution in [3.8, 4) is 5.75 Å². The van der Waals surface area contributed by atoms with E-state index in [4.69, 9.17) is 9.26 Å². The lowest BCUT2D eigenvalue weighted by atomic mass is 10.0. The lowest BCUT2D eigenvalue weighted by molar-refractivity contribution is -0.118. The molecule has 2 aliphatic rings. The Morgan fingerprint density at radius 2 is 2.12 bits per heavy atom. The normalized spacial score (nSPS) is 17.5. The summed E-state index contributed by atoms with van der Waals surface area (Å²) < 4.78 is 49.9. The molecule has 1 saturated carbocycles. The monoisotopic (exact) mass is 466 g/mol. The predicted molar refractivity (Wildman–Crippen MR) is 109 cm³/mol. The number of nitrogens with zero attached hydrogens (tertiary/aromatic N) is 3. The number of aromatic nitrogens is 2. The number of carbonyl (C=O) groups is 2. The van der Waals surface area contributed by atoms with Gasteiger partial charge in [0.1, 0.15) is 18.8 Å². The average Bonchev–Trinajstić information content (AvgIpc) is 3.36. The summed E-state index contributed by atoms with van der Waals surface area (Å²) in [6.45, 7) is 1.97. The summed E-state index contributed by atoms with van der Waals surface area (Å²) in [6.07, 6.45) is 2.16. The standard InChI is InChI=1S/C20H23FN4O6S/c1-12(14-4-5-15(21)16(6-14)30-9-13-2-3-13)10-32(28,29)11-17-22-19(31-24-17)8-25-7-18(26)23-20(25)27/h4-6,12-13H,2-3,7-11H2,1H3,(H,23,26,27)/t12-/m0/s1. The summed E-state index contributed by atoms with van der Waals surface area (Å²) in [6, 6.07) is 3.81. The second-order valence-electron chi connectivity index (χ2n) is 8.21. The van der Waals surface area contributed by atoms with Crippen molar-refractivity contribution in [2.45, 2.75) is 38.0 Å². The molecule has 4 rings (SSSR count). The molecule has 0 radical (unpaired) electrons. The largest absolute Gasteiger partial charge is 0.490 e. The molecule has 12 heteroatoms. The third-order valence-electron chi connectivity index (χ3n) is 5.25. The lowest BCUT2D eigenvalue weighted by Crippen LogP contribution is -2.27. The molecule has 2 aromatic rings. The van der Waals surface area contributed by atoms with Gasteiger partial charge >= 0.3 is 6.03 Å². The van der Waals surface area contributed by atoms with Gasteiger partial charge in [-0.1, -0.05) is 18.1 Å². The average molecular weight is 466 g/mol. The topological polar surface area (TPSA) is 132 Å². The van der Waals surface area contributed by atoms with E-state index in [2.05, 4.69) is 15.5 Å². The van der Waals surface area contributed by atoms with Crippen molar-refractivity contribution in [3.63, 3.8) is 0 Å². The molecule has 2 fully saturated rings. The van der Waals surface area contributed by atoms with E-state index in [-0.39, 0.29) is 36.3 Å². The molecule has 1 atom stereocenters. The number of urea groups is 1. The molecule has 172 valence electrons. The second-order valence-corrected chi connectivity index (χ2v) is 10.3. The Hall–Kier alpha value is -3.02. The molecule has 1 aromatic heterocycles. The summed E-state index contributed by atoms with van der Waals surface area (Å²) in [4.78, 5) is 28.0. The first kappa shape index (κ1) is 22.2. The quantitative estimate of drug-likeness (QED) is 0.524. The van der Waals surface area contributed by atoms with Crippen LogP contribution in [0.1, 0.15) is 43.0 Å². The van der Waals surface area contributed by atoms with Gasteiger partial charge in [0.2, 0.25) is 11.8 Å². The third kappa shape index (κ3) is 5.61. The van der Waals surface area contributed by atoms with Gasteiger partial charge in [0, 0.05) is 0 Å². The van der Waals surface area contributed by atoms with Crippen LogP contribution in [0.4, 0.5) is 9.18 Å². The van der Waals surface area contributed by atoms with Gasteiger partial charge in [0.05, 0.1) is 12.4 Å². The zero-order chi connectivity index (χ0) is 22.9. The van der Waals surface area contributed by atoms with Crippen LogP contribution in [0.5, 0.6) is 5.75 Å². The van der Waals surface area contributed by atoms with Gasteiger partial charge < -0.3 is 14.2 Å². The van der Waals surface area contributed by atoms with E-state index in [9.17, 15) is 22.4 Å². The van der Waals surface area contributed by atoms with E-state index < -0.39 is 39.3 Å². The van der Waals surface area contributed by atoms with Gasteiger partial charge in [-0.15, -0.1) is 0 Å². The highest BCUT2D eigenvalue weighted by Crippen LogP contribution is 2.31. The number of nitrogens with one attached hydrogen (secondary N) is 1. The maximum atomic E-state index is 14.0. The number of rotatable bonds is 10. The molecule has 0 unspecified atom stereocenters. The number of hydrogen-bond donors (Lipinski definition) is 1. The smallest absolute Gasteiger partial charge is 0.325 e. The molecule has 2 heterocycles. The first-order valence-electron chi connectivity index (χ1n) is 10.2. The van der Waals surface area contributed by atoms with Crippen molar-refractivity contribution in [1.29, 1.82) is 0 Å². The van der Waals surface area contributed by atoms with Gasteiger partial charge in [-0.25, -0.2) is 17.6 Å². The first-order valence-corrected chi connectivity index (χ1v) is 12.0. The van der Waals surface area contributed by atoms with Crippen molar-refractivity contribution in [1.82, 2.24) is 20.4 Å². The zero-order valence-electron chi connectivity index (χ0n) is 17.4. The number of halogens is 1.